The normalized spacial score (nSPS) is 25.1. The summed E-state index contributed by atoms with van der Waals surface area (Å²) in [5, 5.41) is 0. The molecule has 0 saturated carbocycles. The van der Waals surface area contributed by atoms with E-state index in [0.717, 1.165) is 56.0 Å². The summed E-state index contributed by atoms with van der Waals surface area (Å²) in [6.45, 7) is 7.68. The van der Waals surface area contributed by atoms with Gasteiger partial charge in [0.05, 0.1) is 18.1 Å². The number of aliphatic imine (C=N–C) groups is 1. The summed E-state index contributed by atoms with van der Waals surface area (Å²) in [6, 6.07) is 4.23. The molecule has 1 aromatic rings. The maximum atomic E-state index is 13.2. The smallest absolute Gasteiger partial charge is 0.325 e. The number of likely N-dealkylation sites (tertiary alicyclic amines) is 1. The molecule has 0 spiro atoms. The van der Waals surface area contributed by atoms with Crippen molar-refractivity contribution in [2.24, 2.45) is 10.9 Å². The highest BCUT2D eigenvalue weighted by Gasteiger charge is 2.33. The predicted molar refractivity (Wildman–Crippen MR) is 107 cm³/mol. The van der Waals surface area contributed by atoms with Crippen LogP contribution >= 0.6 is 0 Å². The maximum absolute atomic E-state index is 13.2. The summed E-state index contributed by atoms with van der Waals surface area (Å²) in [7, 11) is 0. The van der Waals surface area contributed by atoms with Gasteiger partial charge >= 0.3 is 6.03 Å². The molecule has 2 saturated heterocycles. The second-order valence-electron chi connectivity index (χ2n) is 7.79. The standard InChI is InChI=1S/C21H27N5O/c1-16-6-11-25(13-16)21(27)26-15-23-20(18-5-8-22-17(2)12-18)4-3-9-24-10-7-19(26)14-24/h3-5,8-9,12,15-16,19H,6-7,10-11,13-14H2,1-2H3/t16-,19+/m1/s1. The molecule has 2 atom stereocenters. The van der Waals surface area contributed by atoms with E-state index in [4.69, 9.17) is 4.99 Å². The molecule has 3 aliphatic rings. The van der Waals surface area contributed by atoms with Gasteiger partial charge in [0.2, 0.25) is 0 Å². The lowest BCUT2D eigenvalue weighted by Crippen LogP contribution is -2.47. The highest BCUT2D eigenvalue weighted by molar-refractivity contribution is 5.89. The Hall–Kier alpha value is -2.63. The molecular weight excluding hydrogens is 338 g/mol. The van der Waals surface area contributed by atoms with Gasteiger partial charge in [0.15, 0.2) is 0 Å². The average molecular weight is 365 g/mol. The summed E-state index contributed by atoms with van der Waals surface area (Å²) >= 11 is 0. The second kappa shape index (κ2) is 7.55. The van der Waals surface area contributed by atoms with E-state index >= 15 is 0 Å². The van der Waals surface area contributed by atoms with Crippen LogP contribution in [0.4, 0.5) is 4.79 Å². The number of hydrogen-bond acceptors (Lipinski definition) is 4. The molecule has 3 aliphatic heterocycles. The van der Waals surface area contributed by atoms with E-state index in [1.807, 2.05) is 41.0 Å². The first-order chi connectivity index (χ1) is 13.1. The first-order valence-electron chi connectivity index (χ1n) is 9.77. The molecule has 0 radical (unpaired) electrons. The zero-order chi connectivity index (χ0) is 18.8. The van der Waals surface area contributed by atoms with Crippen molar-refractivity contribution in [1.82, 2.24) is 19.7 Å². The van der Waals surface area contributed by atoms with Crippen molar-refractivity contribution in [3.05, 3.63) is 47.9 Å². The monoisotopic (exact) mass is 365 g/mol. The van der Waals surface area contributed by atoms with Gasteiger partial charge in [-0.3, -0.25) is 9.88 Å². The van der Waals surface area contributed by atoms with Crippen LogP contribution in [0.5, 0.6) is 0 Å². The highest BCUT2D eigenvalue weighted by Crippen LogP contribution is 2.23. The van der Waals surface area contributed by atoms with Gasteiger partial charge in [-0.25, -0.2) is 9.79 Å². The Kier molecular flexibility index (Phi) is 4.97. The molecule has 1 aromatic heterocycles. The molecule has 0 aromatic carbocycles. The van der Waals surface area contributed by atoms with Gasteiger partial charge < -0.3 is 9.80 Å². The molecule has 2 amide bonds. The molecule has 6 nitrogen and oxygen atoms in total. The van der Waals surface area contributed by atoms with Crippen LogP contribution in [0.15, 0.2) is 41.7 Å². The van der Waals surface area contributed by atoms with Crippen LogP contribution in [0.25, 0.3) is 5.70 Å². The van der Waals surface area contributed by atoms with Crippen LogP contribution in [-0.4, -0.2) is 64.3 Å². The molecule has 4 rings (SSSR count). The molecular formula is C21H27N5O. The van der Waals surface area contributed by atoms with E-state index in [1.165, 1.54) is 0 Å². The fourth-order valence-corrected chi connectivity index (χ4v) is 4.00. The predicted octanol–water partition coefficient (Wildman–Crippen LogP) is 3.12. The van der Waals surface area contributed by atoms with Gasteiger partial charge in [0.25, 0.3) is 0 Å². The second-order valence-corrected chi connectivity index (χ2v) is 7.79. The number of aryl methyl sites for hydroxylation is 1. The molecule has 2 bridgehead atoms. The fraction of sp³-hybridized carbons (Fsp3) is 0.476. The van der Waals surface area contributed by atoms with E-state index < -0.39 is 0 Å². The summed E-state index contributed by atoms with van der Waals surface area (Å²) < 4.78 is 0. The van der Waals surface area contributed by atoms with Crippen LogP contribution < -0.4 is 0 Å². The lowest BCUT2D eigenvalue weighted by molar-refractivity contribution is 0.174. The third-order valence-electron chi connectivity index (χ3n) is 5.57. The number of aromatic nitrogens is 1. The van der Waals surface area contributed by atoms with Crippen LogP contribution in [-0.2, 0) is 0 Å². The number of fused-ring (bicyclic) bond motifs is 2. The number of rotatable bonds is 1. The summed E-state index contributed by atoms with van der Waals surface area (Å²) in [5.74, 6) is 0.574. The maximum Gasteiger partial charge on any atom is 0.325 e. The van der Waals surface area contributed by atoms with Crippen LogP contribution in [0.3, 0.4) is 0 Å². The van der Waals surface area contributed by atoms with Gasteiger partial charge in [-0.1, -0.05) is 6.92 Å². The minimum atomic E-state index is 0.0877. The minimum Gasteiger partial charge on any atom is -0.375 e. The Labute approximate surface area is 160 Å². The van der Waals surface area contributed by atoms with Crippen molar-refractivity contribution in [1.29, 1.82) is 0 Å². The van der Waals surface area contributed by atoms with Gasteiger partial charge in [-0.15, -0.1) is 0 Å². The molecule has 27 heavy (non-hydrogen) atoms. The zero-order valence-electron chi connectivity index (χ0n) is 16.1. The molecule has 6 heteroatoms. The Morgan fingerprint density at radius 2 is 2.11 bits per heavy atom. The lowest BCUT2D eigenvalue weighted by atomic mass is 10.1. The molecule has 0 unspecified atom stereocenters. The first kappa shape index (κ1) is 17.8. The number of amides is 2. The van der Waals surface area contributed by atoms with Crippen molar-refractivity contribution in [3.63, 3.8) is 0 Å². The lowest BCUT2D eigenvalue weighted by Gasteiger charge is -2.29. The topological polar surface area (TPSA) is 52.0 Å². The summed E-state index contributed by atoms with van der Waals surface area (Å²) in [4.78, 5) is 28.3. The van der Waals surface area contributed by atoms with E-state index in [2.05, 4.69) is 23.0 Å². The van der Waals surface area contributed by atoms with Crippen molar-refractivity contribution < 1.29 is 4.79 Å². The summed E-state index contributed by atoms with van der Waals surface area (Å²) in [6.07, 6.45) is 11.8. The van der Waals surface area contributed by atoms with E-state index in [1.54, 1.807) is 12.5 Å². The summed E-state index contributed by atoms with van der Waals surface area (Å²) in [5.41, 5.74) is 2.80. The number of allylic oxidation sites excluding steroid dienone is 2. The quantitative estimate of drug-likeness (QED) is 0.768. The molecule has 4 heterocycles. The number of carbonyl (C=O) groups is 1. The number of hydrogen-bond donors (Lipinski definition) is 0. The van der Waals surface area contributed by atoms with Crippen LogP contribution in [0.1, 0.15) is 31.0 Å². The number of urea groups is 1. The molecule has 2 fully saturated rings. The van der Waals surface area contributed by atoms with E-state index in [-0.39, 0.29) is 12.1 Å². The highest BCUT2D eigenvalue weighted by atomic mass is 16.2. The van der Waals surface area contributed by atoms with Gasteiger partial charge in [-0.05, 0) is 56.2 Å². The minimum absolute atomic E-state index is 0.0877. The van der Waals surface area contributed by atoms with E-state index in [0.29, 0.717) is 5.92 Å². The number of pyridine rings is 1. The Balaban J connectivity index is 1.65. The van der Waals surface area contributed by atoms with Gasteiger partial charge in [0, 0.05) is 43.6 Å². The largest absolute Gasteiger partial charge is 0.375 e. The Bertz CT molecular complexity index is 800. The molecule has 0 aliphatic carbocycles. The van der Waals surface area contributed by atoms with Gasteiger partial charge in [0.1, 0.15) is 0 Å². The van der Waals surface area contributed by atoms with Crippen molar-refractivity contribution in [3.8, 4) is 0 Å². The first-order valence-corrected chi connectivity index (χ1v) is 9.77. The van der Waals surface area contributed by atoms with Crippen molar-refractivity contribution >= 4 is 18.1 Å². The number of nitrogens with zero attached hydrogens (tertiary/aromatic N) is 5. The third kappa shape index (κ3) is 3.89. The van der Waals surface area contributed by atoms with E-state index in [9.17, 15) is 4.79 Å². The Morgan fingerprint density at radius 1 is 1.22 bits per heavy atom. The molecule has 142 valence electrons. The van der Waals surface area contributed by atoms with Crippen LogP contribution in [0.2, 0.25) is 0 Å². The average Bonchev–Trinajstić information content (AvgIpc) is 3.29. The molecule has 0 N–H and O–H groups in total. The van der Waals surface area contributed by atoms with Gasteiger partial charge in [-0.2, -0.15) is 0 Å². The van der Waals surface area contributed by atoms with Crippen LogP contribution in [0, 0.1) is 12.8 Å². The Morgan fingerprint density at radius 3 is 2.89 bits per heavy atom. The van der Waals surface area contributed by atoms with Crippen molar-refractivity contribution in [2.75, 3.05) is 26.2 Å². The fourth-order valence-electron chi connectivity index (χ4n) is 4.00. The zero-order valence-corrected chi connectivity index (χ0v) is 16.1. The SMILES string of the molecule is Cc1cc(C2=CC=CN3CC[C@@H](C3)N(C(=O)N3CC[C@@H](C)C3)C=N2)ccn1. The third-order valence-corrected chi connectivity index (χ3v) is 5.57. The van der Waals surface area contributed by atoms with Crippen molar-refractivity contribution in [2.45, 2.75) is 32.7 Å². The number of carbonyl (C=O) groups excluding carboxylic acids is 1.